The molecule has 0 atom stereocenters. The van der Waals surface area contributed by atoms with Crippen LogP contribution in [-0.4, -0.2) is 24.6 Å². The number of nitrogens with zero attached hydrogens (tertiary/aromatic N) is 2. The molecule has 0 radical (unpaired) electrons. The van der Waals surface area contributed by atoms with Crippen LogP contribution in [0.5, 0.6) is 0 Å². The number of nitrogens with two attached hydrogens (primary N) is 1. The molecule has 1 aromatic rings. The Kier molecular flexibility index (Phi) is 3.97. The van der Waals surface area contributed by atoms with Crippen LogP contribution in [0.2, 0.25) is 0 Å². The highest BCUT2D eigenvalue weighted by atomic mass is 16.4. The molecule has 0 aliphatic carbocycles. The average molecular weight is 207 g/mol. The first kappa shape index (κ1) is 11.4. The van der Waals surface area contributed by atoms with E-state index in [0.29, 0.717) is 0 Å². The SMILES string of the molecule is CCCN(C)c1ccccc1/C(N)=N/O. The molecule has 4 nitrogen and oxygen atoms in total. The smallest absolute Gasteiger partial charge is 0.172 e. The van der Waals surface area contributed by atoms with Crippen molar-refractivity contribution in [2.45, 2.75) is 13.3 Å². The Morgan fingerprint density at radius 1 is 1.47 bits per heavy atom. The highest BCUT2D eigenvalue weighted by Gasteiger charge is 2.09. The van der Waals surface area contributed by atoms with Crippen molar-refractivity contribution in [2.24, 2.45) is 10.9 Å². The quantitative estimate of drug-likeness (QED) is 0.341. The normalized spacial score (nSPS) is 11.5. The lowest BCUT2D eigenvalue weighted by molar-refractivity contribution is 0.318. The molecule has 0 unspecified atom stereocenters. The summed E-state index contributed by atoms with van der Waals surface area (Å²) in [6.07, 6.45) is 1.06. The van der Waals surface area contributed by atoms with Crippen molar-refractivity contribution in [1.82, 2.24) is 0 Å². The highest BCUT2D eigenvalue weighted by molar-refractivity contribution is 6.02. The van der Waals surface area contributed by atoms with Gasteiger partial charge in [0.05, 0.1) is 0 Å². The van der Waals surface area contributed by atoms with Crippen molar-refractivity contribution < 1.29 is 5.21 Å². The van der Waals surface area contributed by atoms with E-state index in [4.69, 9.17) is 10.9 Å². The number of hydrogen-bond acceptors (Lipinski definition) is 3. The molecule has 0 aromatic heterocycles. The van der Waals surface area contributed by atoms with Gasteiger partial charge in [0, 0.05) is 24.8 Å². The fraction of sp³-hybridized carbons (Fsp3) is 0.364. The molecule has 0 fully saturated rings. The Morgan fingerprint density at radius 2 is 2.13 bits per heavy atom. The molecular formula is C11H17N3O. The molecule has 3 N–H and O–H groups in total. The van der Waals surface area contributed by atoms with Crippen molar-refractivity contribution in [3.8, 4) is 0 Å². The van der Waals surface area contributed by atoms with Gasteiger partial charge in [0.25, 0.3) is 0 Å². The van der Waals surface area contributed by atoms with Crippen LogP contribution in [0.4, 0.5) is 5.69 Å². The first-order valence-corrected chi connectivity index (χ1v) is 4.98. The maximum Gasteiger partial charge on any atom is 0.172 e. The topological polar surface area (TPSA) is 61.8 Å². The van der Waals surface area contributed by atoms with Crippen LogP contribution >= 0.6 is 0 Å². The Morgan fingerprint density at radius 3 is 2.73 bits per heavy atom. The van der Waals surface area contributed by atoms with E-state index in [1.54, 1.807) is 0 Å². The summed E-state index contributed by atoms with van der Waals surface area (Å²) < 4.78 is 0. The van der Waals surface area contributed by atoms with Crippen molar-refractivity contribution in [1.29, 1.82) is 0 Å². The zero-order chi connectivity index (χ0) is 11.3. The summed E-state index contributed by atoms with van der Waals surface area (Å²) in [6, 6.07) is 7.62. The predicted molar refractivity (Wildman–Crippen MR) is 62.5 cm³/mol. The van der Waals surface area contributed by atoms with Gasteiger partial charge < -0.3 is 15.8 Å². The molecule has 0 saturated heterocycles. The maximum absolute atomic E-state index is 8.67. The predicted octanol–water partition coefficient (Wildman–Crippen LogP) is 1.63. The van der Waals surface area contributed by atoms with Gasteiger partial charge in [-0.1, -0.05) is 24.2 Å². The molecule has 0 saturated carbocycles. The molecule has 0 amide bonds. The summed E-state index contributed by atoms with van der Waals surface area (Å²) in [5.41, 5.74) is 7.34. The van der Waals surface area contributed by atoms with E-state index in [9.17, 15) is 0 Å². The van der Waals surface area contributed by atoms with Crippen LogP contribution in [0.1, 0.15) is 18.9 Å². The Bertz CT molecular complexity index is 349. The molecule has 0 aliphatic heterocycles. The van der Waals surface area contributed by atoms with E-state index in [2.05, 4.69) is 17.0 Å². The van der Waals surface area contributed by atoms with Gasteiger partial charge in [-0.2, -0.15) is 0 Å². The van der Waals surface area contributed by atoms with Gasteiger partial charge in [-0.05, 0) is 18.6 Å². The summed E-state index contributed by atoms with van der Waals surface area (Å²) in [5, 5.41) is 11.7. The lowest BCUT2D eigenvalue weighted by Crippen LogP contribution is -2.23. The number of hydrogen-bond donors (Lipinski definition) is 2. The van der Waals surface area contributed by atoms with E-state index >= 15 is 0 Å². The number of rotatable bonds is 4. The van der Waals surface area contributed by atoms with E-state index in [-0.39, 0.29) is 5.84 Å². The van der Waals surface area contributed by atoms with Crippen LogP contribution < -0.4 is 10.6 Å². The fourth-order valence-corrected chi connectivity index (χ4v) is 1.53. The molecule has 0 spiro atoms. The zero-order valence-corrected chi connectivity index (χ0v) is 9.14. The third-order valence-corrected chi connectivity index (χ3v) is 2.26. The van der Waals surface area contributed by atoms with E-state index in [1.807, 2.05) is 31.3 Å². The maximum atomic E-state index is 8.67. The van der Waals surface area contributed by atoms with Gasteiger partial charge in [-0.15, -0.1) is 0 Å². The largest absolute Gasteiger partial charge is 0.409 e. The van der Waals surface area contributed by atoms with Gasteiger partial charge in [-0.25, -0.2) is 0 Å². The first-order chi connectivity index (χ1) is 7.20. The number of benzene rings is 1. The Hall–Kier alpha value is -1.71. The standard InChI is InChI=1S/C11H17N3O/c1-3-8-14(2)10-7-5-4-6-9(10)11(12)13-15/h4-7,15H,3,8H2,1-2H3,(H2,12,13). The van der Waals surface area contributed by atoms with E-state index in [1.165, 1.54) is 0 Å². The third-order valence-electron chi connectivity index (χ3n) is 2.26. The van der Waals surface area contributed by atoms with Crippen LogP contribution in [0, 0.1) is 0 Å². The zero-order valence-electron chi connectivity index (χ0n) is 9.14. The van der Waals surface area contributed by atoms with Gasteiger partial charge in [0.15, 0.2) is 5.84 Å². The summed E-state index contributed by atoms with van der Waals surface area (Å²) in [6.45, 7) is 3.05. The van der Waals surface area contributed by atoms with Gasteiger partial charge in [-0.3, -0.25) is 0 Å². The van der Waals surface area contributed by atoms with Gasteiger partial charge in [0.1, 0.15) is 0 Å². The van der Waals surface area contributed by atoms with Crippen molar-refractivity contribution in [3.05, 3.63) is 29.8 Å². The Labute approximate surface area is 90.0 Å². The summed E-state index contributed by atoms with van der Waals surface area (Å²) in [7, 11) is 1.99. The third kappa shape index (κ3) is 2.62. The van der Waals surface area contributed by atoms with E-state index in [0.717, 1.165) is 24.2 Å². The van der Waals surface area contributed by atoms with Crippen LogP contribution in [0.25, 0.3) is 0 Å². The van der Waals surface area contributed by atoms with Crippen LogP contribution in [0.3, 0.4) is 0 Å². The molecule has 1 aromatic carbocycles. The minimum Gasteiger partial charge on any atom is -0.409 e. The van der Waals surface area contributed by atoms with Gasteiger partial charge in [0.2, 0.25) is 0 Å². The second-order valence-corrected chi connectivity index (χ2v) is 3.42. The molecule has 1 rings (SSSR count). The molecular weight excluding hydrogens is 190 g/mol. The number of amidine groups is 1. The van der Waals surface area contributed by atoms with Crippen LogP contribution in [0.15, 0.2) is 29.4 Å². The lowest BCUT2D eigenvalue weighted by atomic mass is 10.1. The minimum absolute atomic E-state index is 0.147. The van der Waals surface area contributed by atoms with Crippen molar-refractivity contribution >= 4 is 11.5 Å². The molecule has 0 aliphatic rings. The molecule has 0 heterocycles. The molecule has 4 heteroatoms. The van der Waals surface area contributed by atoms with E-state index < -0.39 is 0 Å². The minimum atomic E-state index is 0.147. The summed E-state index contributed by atoms with van der Waals surface area (Å²) in [5.74, 6) is 0.147. The molecule has 0 bridgehead atoms. The number of para-hydroxylation sites is 1. The highest BCUT2D eigenvalue weighted by Crippen LogP contribution is 2.18. The number of anilines is 1. The fourth-order valence-electron chi connectivity index (χ4n) is 1.53. The molecule has 15 heavy (non-hydrogen) atoms. The monoisotopic (exact) mass is 207 g/mol. The Balaban J connectivity index is 3.06. The first-order valence-electron chi connectivity index (χ1n) is 4.98. The van der Waals surface area contributed by atoms with Gasteiger partial charge >= 0.3 is 0 Å². The number of oxime groups is 1. The second kappa shape index (κ2) is 5.24. The summed E-state index contributed by atoms with van der Waals surface area (Å²) >= 11 is 0. The average Bonchev–Trinajstić information content (AvgIpc) is 2.28. The van der Waals surface area contributed by atoms with Crippen molar-refractivity contribution in [2.75, 3.05) is 18.5 Å². The van der Waals surface area contributed by atoms with Crippen molar-refractivity contribution in [3.63, 3.8) is 0 Å². The molecule has 82 valence electrons. The van der Waals surface area contributed by atoms with Crippen LogP contribution in [-0.2, 0) is 0 Å². The summed E-state index contributed by atoms with van der Waals surface area (Å²) in [4.78, 5) is 2.09. The lowest BCUT2D eigenvalue weighted by Gasteiger charge is -2.21. The second-order valence-electron chi connectivity index (χ2n) is 3.42.